The van der Waals surface area contributed by atoms with Gasteiger partial charge in [-0.1, -0.05) is 54.1 Å². The molecule has 2 heterocycles. The first kappa shape index (κ1) is 18.5. The molecule has 0 unspecified atom stereocenters. The molecule has 0 amide bonds. The molecule has 0 aliphatic heterocycles. The smallest absolute Gasteiger partial charge is 0.125 e. The summed E-state index contributed by atoms with van der Waals surface area (Å²) in [6.07, 6.45) is 4.95. The SMILES string of the molecule is Cl.Clc1ccc(-c2cc(-c3ccccc3)c3c4c(sc3n2)CCCC4)cc1. The molecule has 5 rings (SSSR count). The van der Waals surface area contributed by atoms with Gasteiger partial charge in [-0.05, 0) is 60.6 Å². The van der Waals surface area contributed by atoms with E-state index in [9.17, 15) is 0 Å². The van der Waals surface area contributed by atoms with Crippen molar-refractivity contribution in [2.24, 2.45) is 0 Å². The second kappa shape index (κ2) is 7.63. The topological polar surface area (TPSA) is 12.9 Å². The van der Waals surface area contributed by atoms with E-state index in [0.29, 0.717) is 0 Å². The van der Waals surface area contributed by atoms with Crippen LogP contribution < -0.4 is 0 Å². The molecule has 0 N–H and O–H groups in total. The number of aryl methyl sites for hydroxylation is 2. The molecule has 0 bridgehead atoms. The molecule has 1 aliphatic rings. The second-order valence-electron chi connectivity index (χ2n) is 6.82. The molecule has 2 aromatic heterocycles. The van der Waals surface area contributed by atoms with Crippen molar-refractivity contribution in [2.75, 3.05) is 0 Å². The van der Waals surface area contributed by atoms with E-state index in [1.807, 2.05) is 23.5 Å². The highest BCUT2D eigenvalue weighted by molar-refractivity contribution is 7.19. The monoisotopic (exact) mass is 411 g/mol. The van der Waals surface area contributed by atoms with Gasteiger partial charge < -0.3 is 0 Å². The Hall–Kier alpha value is -1.87. The van der Waals surface area contributed by atoms with E-state index in [-0.39, 0.29) is 12.4 Å². The minimum atomic E-state index is 0. The number of thiophene rings is 1. The van der Waals surface area contributed by atoms with Crippen LogP contribution in [-0.4, -0.2) is 4.98 Å². The van der Waals surface area contributed by atoms with E-state index in [1.165, 1.54) is 57.5 Å². The van der Waals surface area contributed by atoms with Gasteiger partial charge in [-0.2, -0.15) is 0 Å². The van der Waals surface area contributed by atoms with E-state index < -0.39 is 0 Å². The maximum atomic E-state index is 6.07. The average Bonchev–Trinajstić information content (AvgIpc) is 3.07. The quantitative estimate of drug-likeness (QED) is 0.331. The summed E-state index contributed by atoms with van der Waals surface area (Å²) in [7, 11) is 0. The van der Waals surface area contributed by atoms with Crippen LogP contribution in [0.3, 0.4) is 0 Å². The van der Waals surface area contributed by atoms with E-state index >= 15 is 0 Å². The molecule has 0 fully saturated rings. The van der Waals surface area contributed by atoms with Crippen LogP contribution in [0.15, 0.2) is 60.7 Å². The van der Waals surface area contributed by atoms with Gasteiger partial charge in [0.25, 0.3) is 0 Å². The highest BCUT2D eigenvalue weighted by Crippen LogP contribution is 2.42. The number of halogens is 2. The highest BCUT2D eigenvalue weighted by atomic mass is 35.5. The number of pyridine rings is 1. The largest absolute Gasteiger partial charge is 0.237 e. The van der Waals surface area contributed by atoms with Gasteiger partial charge in [0.15, 0.2) is 0 Å². The van der Waals surface area contributed by atoms with Crippen molar-refractivity contribution in [3.05, 3.63) is 76.1 Å². The lowest BCUT2D eigenvalue weighted by atomic mass is 9.92. The van der Waals surface area contributed by atoms with Crippen molar-refractivity contribution in [3.8, 4) is 22.4 Å². The normalized spacial score (nSPS) is 13.2. The zero-order chi connectivity index (χ0) is 17.5. The Balaban J connectivity index is 0.00000180. The summed E-state index contributed by atoms with van der Waals surface area (Å²) >= 11 is 7.96. The van der Waals surface area contributed by atoms with Crippen LogP contribution in [0.4, 0.5) is 0 Å². The van der Waals surface area contributed by atoms with E-state index in [0.717, 1.165) is 16.3 Å². The number of benzene rings is 2. The number of fused-ring (bicyclic) bond motifs is 3. The summed E-state index contributed by atoms with van der Waals surface area (Å²) in [6, 6.07) is 20.9. The third kappa shape index (κ3) is 3.38. The molecular formula is C23H19Cl2NS. The van der Waals surface area contributed by atoms with E-state index in [2.05, 4.69) is 48.5 Å². The predicted molar refractivity (Wildman–Crippen MR) is 119 cm³/mol. The van der Waals surface area contributed by atoms with Gasteiger partial charge in [0, 0.05) is 20.8 Å². The van der Waals surface area contributed by atoms with E-state index in [4.69, 9.17) is 16.6 Å². The summed E-state index contributed by atoms with van der Waals surface area (Å²) in [4.78, 5) is 7.74. The van der Waals surface area contributed by atoms with Crippen LogP contribution in [0.25, 0.3) is 32.6 Å². The summed E-state index contributed by atoms with van der Waals surface area (Å²) in [6.45, 7) is 0. The molecule has 4 heteroatoms. The lowest BCUT2D eigenvalue weighted by Crippen LogP contribution is -1.98. The van der Waals surface area contributed by atoms with Crippen molar-refractivity contribution in [1.29, 1.82) is 0 Å². The van der Waals surface area contributed by atoms with Crippen LogP contribution in [-0.2, 0) is 12.8 Å². The summed E-state index contributed by atoms with van der Waals surface area (Å²) in [5.41, 5.74) is 6.23. The Kier molecular flexibility index (Phi) is 5.23. The Morgan fingerprint density at radius 1 is 0.852 bits per heavy atom. The van der Waals surface area contributed by atoms with Crippen molar-refractivity contribution in [3.63, 3.8) is 0 Å². The van der Waals surface area contributed by atoms with Crippen LogP contribution in [0, 0.1) is 0 Å². The highest BCUT2D eigenvalue weighted by Gasteiger charge is 2.21. The minimum Gasteiger partial charge on any atom is -0.237 e. The molecule has 136 valence electrons. The fourth-order valence-corrected chi connectivity index (χ4v) is 5.28. The van der Waals surface area contributed by atoms with Crippen LogP contribution in [0.2, 0.25) is 5.02 Å². The number of nitrogens with zero attached hydrogens (tertiary/aromatic N) is 1. The van der Waals surface area contributed by atoms with Gasteiger partial charge >= 0.3 is 0 Å². The van der Waals surface area contributed by atoms with Crippen molar-refractivity contribution in [1.82, 2.24) is 4.98 Å². The second-order valence-corrected chi connectivity index (χ2v) is 8.34. The summed E-state index contributed by atoms with van der Waals surface area (Å²) < 4.78 is 0. The number of rotatable bonds is 2. The zero-order valence-electron chi connectivity index (χ0n) is 14.7. The first-order valence-corrected chi connectivity index (χ1v) is 10.3. The Morgan fingerprint density at radius 3 is 2.37 bits per heavy atom. The molecule has 1 nitrogen and oxygen atoms in total. The third-order valence-electron chi connectivity index (χ3n) is 5.15. The maximum absolute atomic E-state index is 6.07. The van der Waals surface area contributed by atoms with Gasteiger partial charge in [-0.15, -0.1) is 23.7 Å². The molecular weight excluding hydrogens is 393 g/mol. The zero-order valence-corrected chi connectivity index (χ0v) is 17.1. The Bertz CT molecular complexity index is 1090. The molecule has 0 saturated heterocycles. The minimum absolute atomic E-state index is 0. The lowest BCUT2D eigenvalue weighted by molar-refractivity contribution is 0.700. The van der Waals surface area contributed by atoms with Gasteiger partial charge in [0.2, 0.25) is 0 Å². The average molecular weight is 412 g/mol. The van der Waals surface area contributed by atoms with Crippen LogP contribution in [0.5, 0.6) is 0 Å². The molecule has 27 heavy (non-hydrogen) atoms. The molecule has 2 aromatic carbocycles. The van der Waals surface area contributed by atoms with Gasteiger partial charge in [-0.3, -0.25) is 0 Å². The molecule has 0 spiro atoms. The molecule has 0 radical (unpaired) electrons. The van der Waals surface area contributed by atoms with Gasteiger partial charge in [-0.25, -0.2) is 4.98 Å². The van der Waals surface area contributed by atoms with Crippen molar-refractivity contribution in [2.45, 2.75) is 25.7 Å². The first-order valence-electron chi connectivity index (χ1n) is 9.06. The van der Waals surface area contributed by atoms with Crippen molar-refractivity contribution < 1.29 is 0 Å². The Morgan fingerprint density at radius 2 is 1.59 bits per heavy atom. The van der Waals surface area contributed by atoms with Gasteiger partial charge in [0.05, 0.1) is 5.69 Å². The summed E-state index contributed by atoms with van der Waals surface area (Å²) in [5, 5.41) is 2.12. The third-order valence-corrected chi connectivity index (χ3v) is 6.59. The van der Waals surface area contributed by atoms with Crippen LogP contribution in [0.1, 0.15) is 23.3 Å². The maximum Gasteiger partial charge on any atom is 0.125 e. The molecule has 0 saturated carbocycles. The molecule has 1 aliphatic carbocycles. The van der Waals surface area contributed by atoms with Crippen LogP contribution >= 0.6 is 35.3 Å². The number of hydrogen-bond acceptors (Lipinski definition) is 2. The number of hydrogen-bond donors (Lipinski definition) is 0. The predicted octanol–water partition coefficient (Wildman–Crippen LogP) is 7.58. The standard InChI is InChI=1S/C23H18ClNS.ClH/c24-17-12-10-16(11-13-17)20-14-19(15-6-2-1-3-7-15)22-18-8-4-5-9-21(18)26-23(22)25-20;/h1-3,6-7,10-14H,4-5,8-9H2;1H. The Labute approximate surface area is 174 Å². The number of aromatic nitrogens is 1. The fraction of sp³-hybridized carbons (Fsp3) is 0.174. The summed E-state index contributed by atoms with van der Waals surface area (Å²) in [5.74, 6) is 0. The molecule has 4 aromatic rings. The lowest BCUT2D eigenvalue weighted by Gasteiger charge is -2.13. The van der Waals surface area contributed by atoms with E-state index in [1.54, 1.807) is 0 Å². The van der Waals surface area contributed by atoms with Gasteiger partial charge in [0.1, 0.15) is 4.83 Å². The molecule has 0 atom stereocenters. The van der Waals surface area contributed by atoms with Crippen molar-refractivity contribution >= 4 is 45.6 Å². The first-order chi connectivity index (χ1) is 12.8. The fourth-order valence-electron chi connectivity index (χ4n) is 3.87.